The van der Waals surface area contributed by atoms with Gasteiger partial charge < -0.3 is 0 Å². The number of halogens is 4. The summed E-state index contributed by atoms with van der Waals surface area (Å²) in [5.41, 5.74) is 0. The molecule has 1 rings (SSSR count). The predicted molar refractivity (Wildman–Crippen MR) is 70.7 cm³/mol. The van der Waals surface area contributed by atoms with Crippen LogP contribution in [-0.4, -0.2) is 28.2 Å². The van der Waals surface area contributed by atoms with Crippen LogP contribution >= 0.6 is 23.7 Å². The van der Waals surface area contributed by atoms with Crippen LogP contribution in [0.25, 0.3) is 0 Å². The second-order valence-corrected chi connectivity index (χ2v) is 6.14. The normalized spacial score (nSPS) is 14.0. The van der Waals surface area contributed by atoms with Gasteiger partial charge in [-0.25, -0.2) is 0 Å². The third-order valence-electron chi connectivity index (χ3n) is 2.37. The molecule has 1 amide bonds. The molecular formula is C11H13AuClF3N2O2S. The Morgan fingerprint density at radius 1 is 1.57 bits per heavy atom. The van der Waals surface area contributed by atoms with E-state index in [4.69, 9.17) is 0 Å². The fourth-order valence-electron chi connectivity index (χ4n) is 1.42. The summed E-state index contributed by atoms with van der Waals surface area (Å²) in [5, 5.41) is 14.2. The molecule has 0 aromatic carbocycles. The van der Waals surface area contributed by atoms with E-state index in [9.17, 15) is 23.1 Å². The quantitative estimate of drug-likeness (QED) is 0.442. The summed E-state index contributed by atoms with van der Waals surface area (Å²) < 4.78 is 37.0. The van der Waals surface area contributed by atoms with Crippen molar-refractivity contribution in [3.05, 3.63) is 27.0 Å². The van der Waals surface area contributed by atoms with Crippen LogP contribution < -0.4 is 5.32 Å². The van der Waals surface area contributed by atoms with Crippen molar-refractivity contribution in [1.82, 2.24) is 10.3 Å². The molecule has 1 heterocycles. The molecule has 0 aliphatic rings. The Hall–Kier alpha value is -0.380. The first kappa shape index (κ1) is 20.6. The molecule has 4 nitrogen and oxygen atoms in total. The van der Waals surface area contributed by atoms with Gasteiger partial charge in [0.1, 0.15) is 0 Å². The molecule has 0 fully saturated rings. The summed E-state index contributed by atoms with van der Waals surface area (Å²) in [6, 6.07) is -1.07. The Kier molecular flexibility index (Phi) is 8.76. The van der Waals surface area contributed by atoms with Crippen LogP contribution in [0.4, 0.5) is 13.2 Å². The minimum atomic E-state index is -4.36. The number of amides is 1. The number of carbonyl (C=O) groups excluding carboxylic acids is 1. The van der Waals surface area contributed by atoms with E-state index in [0.29, 0.717) is 0 Å². The molecule has 2 atom stereocenters. The summed E-state index contributed by atoms with van der Waals surface area (Å²) in [6.45, 7) is 3.39. The summed E-state index contributed by atoms with van der Waals surface area (Å²) in [6.07, 6.45) is -5.75. The number of nitrogens with one attached hydrogen (secondary N) is 1. The summed E-state index contributed by atoms with van der Waals surface area (Å²) in [4.78, 5) is 15.4. The fraction of sp³-hybridized carbons (Fsp3) is 0.455. The zero-order chi connectivity index (χ0) is 15.3. The first-order valence-electron chi connectivity index (χ1n) is 5.46. The summed E-state index contributed by atoms with van der Waals surface area (Å²) in [7, 11) is 0. The van der Waals surface area contributed by atoms with Gasteiger partial charge in [0, 0.05) is 0 Å². The van der Waals surface area contributed by atoms with E-state index < -0.39 is 37.1 Å². The molecule has 0 radical (unpaired) electrons. The van der Waals surface area contributed by atoms with Gasteiger partial charge in [-0.2, -0.15) is 0 Å². The number of thiazole rings is 1. The Balaban J connectivity index is 0.00000400. The molecule has 0 saturated carbocycles. The van der Waals surface area contributed by atoms with Crippen molar-refractivity contribution < 1.29 is 44.1 Å². The monoisotopic (exact) mass is 526 g/mol. The predicted octanol–water partition coefficient (Wildman–Crippen LogP) is 2.49. The van der Waals surface area contributed by atoms with Crippen molar-refractivity contribution in [3.63, 3.8) is 0 Å². The van der Waals surface area contributed by atoms with Crippen LogP contribution in [0.1, 0.15) is 24.0 Å². The Morgan fingerprint density at radius 3 is 2.62 bits per heavy atom. The Labute approximate surface area is 142 Å². The first-order chi connectivity index (χ1) is 9.20. The molecule has 1 unspecified atom stereocenters. The maximum absolute atomic E-state index is 12.3. The van der Waals surface area contributed by atoms with E-state index in [-0.39, 0.29) is 21.2 Å². The number of rotatable bonds is 6. The first-order valence-corrected chi connectivity index (χ1v) is 7.42. The molecule has 2 N–H and O–H groups in total. The minimum Gasteiger partial charge on any atom is -0.147 e. The largest absolute Gasteiger partial charge is 0.147 e. The molecule has 1 aromatic heterocycles. The van der Waals surface area contributed by atoms with Gasteiger partial charge in [0.15, 0.2) is 0 Å². The van der Waals surface area contributed by atoms with Crippen molar-refractivity contribution >= 4 is 29.7 Å². The molecule has 0 bridgehead atoms. The fourth-order valence-corrected chi connectivity index (χ4v) is 2.26. The maximum Gasteiger partial charge on any atom is -0.147 e. The second kappa shape index (κ2) is 8.92. The molecular weight excluding hydrogens is 514 g/mol. The van der Waals surface area contributed by atoms with E-state index in [1.165, 1.54) is 6.20 Å². The molecule has 0 spiro atoms. The SMILES string of the molecule is C=[C]([Au])C(=O)N[C@@H](CCC(F)(F)F)C(O)c1nccs1.Cl. The van der Waals surface area contributed by atoms with Crippen LogP contribution in [-0.2, 0) is 25.9 Å². The topological polar surface area (TPSA) is 62.2 Å². The van der Waals surface area contributed by atoms with Gasteiger partial charge in [-0.3, -0.25) is 0 Å². The van der Waals surface area contributed by atoms with Crippen molar-refractivity contribution in [2.45, 2.75) is 31.2 Å². The van der Waals surface area contributed by atoms with E-state index in [1.54, 1.807) is 5.38 Å². The van der Waals surface area contributed by atoms with Gasteiger partial charge in [-0.1, -0.05) is 0 Å². The average Bonchev–Trinajstić information content (AvgIpc) is 2.85. The van der Waals surface area contributed by atoms with E-state index >= 15 is 0 Å². The number of hydrogen-bond donors (Lipinski definition) is 2. The second-order valence-electron chi connectivity index (χ2n) is 3.91. The van der Waals surface area contributed by atoms with Gasteiger partial charge in [-0.05, 0) is 0 Å². The third kappa shape index (κ3) is 7.44. The van der Waals surface area contributed by atoms with Crippen LogP contribution in [0, 0.1) is 0 Å². The van der Waals surface area contributed by atoms with Gasteiger partial charge in [0.05, 0.1) is 0 Å². The summed E-state index contributed by atoms with van der Waals surface area (Å²) >= 11 is 2.96. The molecule has 124 valence electrons. The number of carbonyl (C=O) groups is 1. The standard InChI is InChI=1S/C11H12F3N2O2S.Au.ClH/c1-2-8(17)16-7(3-4-11(12,13)14)9(18)10-15-5-6-19-10;;/h5-7,9,18H,1,3-4H2,(H,16,17);;1H/t7-,9?;;/m0../s1. The smallest absolute Gasteiger partial charge is 0.147 e. The van der Waals surface area contributed by atoms with Crippen molar-refractivity contribution in [2.24, 2.45) is 0 Å². The van der Waals surface area contributed by atoms with E-state index in [2.05, 4.69) is 16.9 Å². The Morgan fingerprint density at radius 2 is 2.19 bits per heavy atom. The number of aliphatic hydroxyl groups excluding tert-OH is 1. The molecule has 10 heteroatoms. The Bertz CT molecular complexity index is 471. The summed E-state index contributed by atoms with van der Waals surface area (Å²) in [5.74, 6) is -0.615. The molecule has 0 aliphatic heterocycles. The average molecular weight is 527 g/mol. The van der Waals surface area contributed by atoms with Crippen molar-refractivity contribution in [1.29, 1.82) is 0 Å². The molecule has 0 saturated heterocycles. The van der Waals surface area contributed by atoms with Crippen LogP contribution in [0.5, 0.6) is 0 Å². The zero-order valence-corrected chi connectivity index (χ0v) is 14.3. The maximum atomic E-state index is 12.3. The van der Waals surface area contributed by atoms with Gasteiger partial charge >= 0.3 is 130 Å². The van der Waals surface area contributed by atoms with E-state index in [1.807, 2.05) is 21.1 Å². The van der Waals surface area contributed by atoms with Gasteiger partial charge in [-0.15, -0.1) is 12.4 Å². The molecule has 0 aliphatic carbocycles. The van der Waals surface area contributed by atoms with Crippen molar-refractivity contribution in [2.75, 3.05) is 0 Å². The minimum absolute atomic E-state index is 0. The van der Waals surface area contributed by atoms with Crippen molar-refractivity contribution in [3.8, 4) is 0 Å². The number of nitrogens with zero attached hydrogens (tertiary/aromatic N) is 1. The zero-order valence-electron chi connectivity index (χ0n) is 10.5. The molecule has 21 heavy (non-hydrogen) atoms. The van der Waals surface area contributed by atoms with Crippen LogP contribution in [0.2, 0.25) is 0 Å². The third-order valence-corrected chi connectivity index (χ3v) is 3.71. The van der Waals surface area contributed by atoms with Crippen LogP contribution in [0.3, 0.4) is 0 Å². The number of hydrogen-bond acceptors (Lipinski definition) is 4. The number of aliphatic hydroxyl groups is 1. The number of aromatic nitrogens is 1. The number of alkyl halides is 3. The van der Waals surface area contributed by atoms with Crippen LogP contribution in [0.15, 0.2) is 21.9 Å². The van der Waals surface area contributed by atoms with Gasteiger partial charge in [0.2, 0.25) is 0 Å². The van der Waals surface area contributed by atoms with E-state index in [0.717, 1.165) is 11.3 Å². The molecule has 1 aromatic rings. The van der Waals surface area contributed by atoms with Gasteiger partial charge in [0.25, 0.3) is 0 Å².